The van der Waals surface area contributed by atoms with Crippen molar-refractivity contribution in [1.82, 2.24) is 10.2 Å². The van der Waals surface area contributed by atoms with E-state index >= 15 is 0 Å². The Morgan fingerprint density at radius 3 is 2.23 bits per heavy atom. The molecule has 4 nitrogen and oxygen atoms in total. The topological polar surface area (TPSA) is 49.4 Å². The fourth-order valence-corrected chi connectivity index (χ4v) is 4.06. The summed E-state index contributed by atoms with van der Waals surface area (Å²) in [6, 6.07) is 9.46. The molecule has 0 fully saturated rings. The number of nitrogens with zero attached hydrogens (tertiary/aromatic N) is 1. The highest BCUT2D eigenvalue weighted by molar-refractivity contribution is 6.36. The second kappa shape index (κ2) is 11.8. The van der Waals surface area contributed by atoms with Gasteiger partial charge in [-0.15, -0.1) is 0 Å². The molecule has 0 aromatic heterocycles. The monoisotopic (exact) mass is 488 g/mol. The van der Waals surface area contributed by atoms with Crippen LogP contribution in [-0.4, -0.2) is 29.3 Å². The Kier molecular flexibility index (Phi) is 9.76. The van der Waals surface area contributed by atoms with Gasteiger partial charge in [0.1, 0.15) is 6.04 Å². The smallest absolute Gasteiger partial charge is 0.242 e. The minimum Gasteiger partial charge on any atom is -0.354 e. The summed E-state index contributed by atoms with van der Waals surface area (Å²) in [7, 11) is 0. The molecule has 2 amide bonds. The van der Waals surface area contributed by atoms with Gasteiger partial charge in [-0.3, -0.25) is 9.59 Å². The second-order valence-electron chi connectivity index (χ2n) is 6.85. The fraction of sp³-hybridized carbons (Fsp3) is 0.364. The van der Waals surface area contributed by atoms with E-state index in [2.05, 4.69) is 5.32 Å². The Morgan fingerprint density at radius 2 is 1.67 bits per heavy atom. The van der Waals surface area contributed by atoms with E-state index in [1.807, 2.05) is 13.8 Å². The molecule has 1 atom stereocenters. The van der Waals surface area contributed by atoms with Gasteiger partial charge in [0.05, 0.1) is 6.42 Å². The zero-order valence-corrected chi connectivity index (χ0v) is 19.9. The van der Waals surface area contributed by atoms with Crippen LogP contribution in [-0.2, 0) is 22.6 Å². The molecule has 0 aliphatic rings. The van der Waals surface area contributed by atoms with E-state index in [-0.39, 0.29) is 24.8 Å². The third kappa shape index (κ3) is 6.52. The highest BCUT2D eigenvalue weighted by Crippen LogP contribution is 2.28. The molecule has 0 bridgehead atoms. The van der Waals surface area contributed by atoms with E-state index < -0.39 is 6.04 Å². The van der Waals surface area contributed by atoms with Crippen LogP contribution in [0, 0.1) is 0 Å². The van der Waals surface area contributed by atoms with Crippen LogP contribution >= 0.6 is 46.4 Å². The maximum atomic E-state index is 13.3. The van der Waals surface area contributed by atoms with Crippen molar-refractivity contribution in [3.8, 4) is 0 Å². The Balaban J connectivity index is 2.38. The summed E-state index contributed by atoms with van der Waals surface area (Å²) in [5.74, 6) is -0.466. The molecule has 0 radical (unpaired) electrons. The number of hydrogen-bond acceptors (Lipinski definition) is 2. The molecule has 162 valence electrons. The van der Waals surface area contributed by atoms with E-state index in [0.29, 0.717) is 44.2 Å². The average Bonchev–Trinajstić information content (AvgIpc) is 2.70. The Hall–Kier alpha value is -1.46. The summed E-state index contributed by atoms with van der Waals surface area (Å²) in [5.41, 5.74) is 1.23. The molecule has 0 saturated carbocycles. The Labute approximate surface area is 197 Å². The van der Waals surface area contributed by atoms with Crippen molar-refractivity contribution < 1.29 is 9.59 Å². The van der Waals surface area contributed by atoms with Crippen LogP contribution in [0.15, 0.2) is 36.4 Å². The minimum absolute atomic E-state index is 0.0234. The van der Waals surface area contributed by atoms with Gasteiger partial charge in [-0.1, -0.05) is 72.4 Å². The summed E-state index contributed by atoms with van der Waals surface area (Å²) in [6.07, 6.45) is 1.26. The number of amides is 2. The maximum Gasteiger partial charge on any atom is 0.242 e. The van der Waals surface area contributed by atoms with Crippen LogP contribution in [0.25, 0.3) is 0 Å². The largest absolute Gasteiger partial charge is 0.354 e. The van der Waals surface area contributed by atoms with Crippen molar-refractivity contribution >= 4 is 58.2 Å². The van der Waals surface area contributed by atoms with Gasteiger partial charge in [0.2, 0.25) is 11.8 Å². The quantitative estimate of drug-likeness (QED) is 0.457. The first-order chi connectivity index (χ1) is 14.3. The first kappa shape index (κ1) is 24.8. The number of carbonyl (C=O) groups excluding carboxylic acids is 2. The van der Waals surface area contributed by atoms with E-state index in [0.717, 1.165) is 6.42 Å². The highest BCUT2D eigenvalue weighted by atomic mass is 35.5. The highest BCUT2D eigenvalue weighted by Gasteiger charge is 2.29. The summed E-state index contributed by atoms with van der Waals surface area (Å²) in [6.45, 7) is 4.48. The van der Waals surface area contributed by atoms with Gasteiger partial charge in [-0.2, -0.15) is 0 Å². The van der Waals surface area contributed by atoms with Crippen molar-refractivity contribution in [3.05, 3.63) is 67.6 Å². The lowest BCUT2D eigenvalue weighted by atomic mass is 10.1. The summed E-state index contributed by atoms with van der Waals surface area (Å²) in [5, 5.41) is 4.64. The van der Waals surface area contributed by atoms with Gasteiger partial charge in [-0.05, 0) is 42.7 Å². The van der Waals surface area contributed by atoms with Crippen molar-refractivity contribution in [3.63, 3.8) is 0 Å². The van der Waals surface area contributed by atoms with E-state index in [1.54, 1.807) is 36.4 Å². The number of nitrogens with one attached hydrogen (secondary N) is 1. The second-order valence-corrected chi connectivity index (χ2v) is 8.51. The molecule has 8 heteroatoms. The lowest BCUT2D eigenvalue weighted by molar-refractivity contribution is -0.140. The van der Waals surface area contributed by atoms with E-state index in [4.69, 9.17) is 46.4 Å². The predicted molar refractivity (Wildman–Crippen MR) is 125 cm³/mol. The lowest BCUT2D eigenvalue weighted by Crippen LogP contribution is -2.49. The van der Waals surface area contributed by atoms with E-state index in [1.165, 1.54) is 4.90 Å². The van der Waals surface area contributed by atoms with Gasteiger partial charge >= 0.3 is 0 Å². The first-order valence-electron chi connectivity index (χ1n) is 9.72. The maximum absolute atomic E-state index is 13.3. The third-order valence-electron chi connectivity index (χ3n) is 4.68. The molecule has 0 heterocycles. The number of carbonyl (C=O) groups is 2. The fourth-order valence-electron chi connectivity index (χ4n) is 3.07. The van der Waals surface area contributed by atoms with Crippen LogP contribution in [0.4, 0.5) is 0 Å². The van der Waals surface area contributed by atoms with Crippen molar-refractivity contribution in [1.29, 1.82) is 0 Å². The zero-order valence-electron chi connectivity index (χ0n) is 16.9. The standard InChI is InChI=1S/C22H24Cl4N2O2/c1-3-10-27-22(30)20(4-2)28(13-16-17(24)6-5-7-18(16)25)21(29)11-14-8-9-15(23)12-19(14)26/h5-9,12,20H,3-4,10-11,13H2,1-2H3,(H,27,30)/t20-/m0/s1. The summed E-state index contributed by atoms with van der Waals surface area (Å²) >= 11 is 24.9. The van der Waals surface area contributed by atoms with Gasteiger partial charge in [-0.25, -0.2) is 0 Å². The predicted octanol–water partition coefficient (Wildman–Crippen LogP) is 6.18. The molecule has 2 rings (SSSR count). The summed E-state index contributed by atoms with van der Waals surface area (Å²) in [4.78, 5) is 27.6. The molecule has 2 aromatic carbocycles. The molecule has 0 aliphatic heterocycles. The molecule has 0 aliphatic carbocycles. The van der Waals surface area contributed by atoms with Crippen molar-refractivity contribution in [2.75, 3.05) is 6.54 Å². The Morgan fingerprint density at radius 1 is 1.00 bits per heavy atom. The molecule has 0 unspecified atom stereocenters. The van der Waals surface area contributed by atoms with Crippen LogP contribution in [0.5, 0.6) is 0 Å². The van der Waals surface area contributed by atoms with E-state index in [9.17, 15) is 9.59 Å². The number of rotatable bonds is 9. The number of hydrogen-bond donors (Lipinski definition) is 1. The molecule has 30 heavy (non-hydrogen) atoms. The Bertz CT molecular complexity index is 884. The molecule has 0 spiro atoms. The normalized spacial score (nSPS) is 11.8. The first-order valence-corrected chi connectivity index (χ1v) is 11.2. The number of halogens is 4. The minimum atomic E-state index is -0.664. The molecular formula is C22H24Cl4N2O2. The van der Waals surface area contributed by atoms with Crippen LogP contribution in [0.3, 0.4) is 0 Å². The molecule has 1 N–H and O–H groups in total. The third-order valence-corrected chi connectivity index (χ3v) is 5.98. The zero-order chi connectivity index (χ0) is 22.3. The SMILES string of the molecule is CCCNC(=O)[C@H](CC)N(Cc1c(Cl)cccc1Cl)C(=O)Cc1ccc(Cl)cc1Cl. The summed E-state index contributed by atoms with van der Waals surface area (Å²) < 4.78 is 0. The van der Waals surface area contributed by atoms with Crippen molar-refractivity contribution in [2.45, 2.75) is 45.7 Å². The van der Waals surface area contributed by atoms with Gasteiger partial charge < -0.3 is 10.2 Å². The van der Waals surface area contributed by atoms with Crippen LogP contribution in [0.2, 0.25) is 20.1 Å². The number of benzene rings is 2. The van der Waals surface area contributed by atoms with Gasteiger partial charge in [0, 0.05) is 38.7 Å². The van der Waals surface area contributed by atoms with Crippen molar-refractivity contribution in [2.24, 2.45) is 0 Å². The molecule has 0 saturated heterocycles. The lowest BCUT2D eigenvalue weighted by Gasteiger charge is -2.31. The van der Waals surface area contributed by atoms with Gasteiger partial charge in [0.25, 0.3) is 0 Å². The van der Waals surface area contributed by atoms with Crippen LogP contribution in [0.1, 0.15) is 37.8 Å². The van der Waals surface area contributed by atoms with Gasteiger partial charge in [0.15, 0.2) is 0 Å². The van der Waals surface area contributed by atoms with Crippen LogP contribution < -0.4 is 5.32 Å². The average molecular weight is 490 g/mol. The molecule has 2 aromatic rings. The molecular weight excluding hydrogens is 466 g/mol.